The minimum Gasteiger partial charge on any atom is -0.309 e. The van der Waals surface area contributed by atoms with E-state index in [1.807, 2.05) is 0 Å². The van der Waals surface area contributed by atoms with Gasteiger partial charge in [0.2, 0.25) is 0 Å². The van der Waals surface area contributed by atoms with Gasteiger partial charge in [-0.15, -0.1) is 0 Å². The standard InChI is InChI=1S/C65H40N2/c1-2-14-41(15-3-1)47-31-33-64-60(36-47)61-39-58-53-25-11-10-24-52(53)57-35-48(46-29-28-42-16-4-5-19-45(42)34-46)30-32-54(57)59(58)40-65(61)67(64)49-37-62(55-26-12-20-43-17-6-8-22-50(43)55)66-63(38-49)56-27-13-21-44-18-7-9-23-51(44)56/h1-40H. The SMILES string of the molecule is c1ccc(-c2ccc3c(c2)c2cc4c5ccccc5c5cc(-c6ccc7ccccc7c6)ccc5c4cc2n3-c2cc(-c3cccc4ccccc34)nc(-c3cccc4ccccc34)c2)cc1. The van der Waals surface area contributed by atoms with Crippen LogP contribution in [0.2, 0.25) is 0 Å². The van der Waals surface area contributed by atoms with Gasteiger partial charge in [0.1, 0.15) is 0 Å². The Labute approximate surface area is 387 Å². The van der Waals surface area contributed by atoms with Crippen molar-refractivity contribution in [1.29, 1.82) is 0 Å². The predicted molar refractivity (Wildman–Crippen MR) is 285 cm³/mol. The Bertz CT molecular complexity index is 4220. The van der Waals surface area contributed by atoms with Gasteiger partial charge in [0.15, 0.2) is 0 Å². The molecule has 2 nitrogen and oxygen atoms in total. The molecule has 12 aromatic carbocycles. The predicted octanol–water partition coefficient (Wildman–Crippen LogP) is 17.8. The fraction of sp³-hybridized carbons (Fsp3) is 0. The van der Waals surface area contributed by atoms with Gasteiger partial charge < -0.3 is 4.57 Å². The summed E-state index contributed by atoms with van der Waals surface area (Å²) in [5.41, 5.74) is 12.3. The number of benzene rings is 12. The molecule has 0 spiro atoms. The molecule has 67 heavy (non-hydrogen) atoms. The molecule has 14 aromatic rings. The molecule has 2 heterocycles. The Morgan fingerprint density at radius 3 is 1.42 bits per heavy atom. The molecular weight excluding hydrogens is 809 g/mol. The number of hydrogen-bond acceptors (Lipinski definition) is 1. The molecule has 14 rings (SSSR count). The van der Waals surface area contributed by atoms with Crippen LogP contribution in [0.1, 0.15) is 0 Å². The quantitative estimate of drug-likeness (QED) is 0.158. The monoisotopic (exact) mass is 848 g/mol. The van der Waals surface area contributed by atoms with Gasteiger partial charge in [0, 0.05) is 21.9 Å². The highest BCUT2D eigenvalue weighted by molar-refractivity contribution is 6.29. The van der Waals surface area contributed by atoms with Crippen LogP contribution in [0.15, 0.2) is 243 Å². The minimum absolute atomic E-state index is 0.937. The lowest BCUT2D eigenvalue weighted by Gasteiger charge is -2.16. The lowest BCUT2D eigenvalue weighted by atomic mass is 9.91. The molecule has 310 valence electrons. The van der Waals surface area contributed by atoms with Crippen LogP contribution in [0.3, 0.4) is 0 Å². The van der Waals surface area contributed by atoms with Crippen molar-refractivity contribution in [2.45, 2.75) is 0 Å². The van der Waals surface area contributed by atoms with Gasteiger partial charge in [-0.25, -0.2) is 4.98 Å². The maximum atomic E-state index is 5.56. The van der Waals surface area contributed by atoms with Gasteiger partial charge >= 0.3 is 0 Å². The Hall–Kier alpha value is -8.85. The molecule has 2 heteroatoms. The van der Waals surface area contributed by atoms with E-state index in [0.29, 0.717) is 0 Å². The van der Waals surface area contributed by atoms with Crippen molar-refractivity contribution in [2.75, 3.05) is 0 Å². The first-order chi connectivity index (χ1) is 33.2. The van der Waals surface area contributed by atoms with Crippen molar-refractivity contribution >= 4 is 86.4 Å². The molecule has 0 unspecified atom stereocenters. The molecule has 0 aliphatic heterocycles. The summed E-state index contributed by atoms with van der Waals surface area (Å²) in [5.74, 6) is 0. The van der Waals surface area contributed by atoms with E-state index in [-0.39, 0.29) is 0 Å². The molecule has 0 fully saturated rings. The maximum Gasteiger partial charge on any atom is 0.0736 e. The van der Waals surface area contributed by atoms with Crippen LogP contribution in [-0.4, -0.2) is 9.55 Å². The Kier molecular flexibility index (Phi) is 8.32. The second-order valence-corrected chi connectivity index (χ2v) is 17.9. The van der Waals surface area contributed by atoms with Crippen molar-refractivity contribution in [3.63, 3.8) is 0 Å². The summed E-state index contributed by atoms with van der Waals surface area (Å²) in [6, 6.07) is 89.2. The zero-order valence-corrected chi connectivity index (χ0v) is 36.5. The molecule has 0 aliphatic carbocycles. The smallest absolute Gasteiger partial charge is 0.0736 e. The topological polar surface area (TPSA) is 17.8 Å². The van der Waals surface area contributed by atoms with Crippen LogP contribution >= 0.6 is 0 Å². The van der Waals surface area contributed by atoms with Gasteiger partial charge in [0.05, 0.1) is 28.1 Å². The van der Waals surface area contributed by atoms with E-state index in [9.17, 15) is 0 Å². The van der Waals surface area contributed by atoms with Gasteiger partial charge in [-0.1, -0.05) is 194 Å². The number of pyridine rings is 1. The molecule has 0 saturated heterocycles. The highest BCUT2D eigenvalue weighted by Crippen LogP contribution is 2.44. The van der Waals surface area contributed by atoms with E-state index >= 15 is 0 Å². The Morgan fingerprint density at radius 2 is 0.716 bits per heavy atom. The summed E-state index contributed by atoms with van der Waals surface area (Å²) in [5, 5.41) is 17.2. The normalized spacial score (nSPS) is 11.9. The third-order valence-electron chi connectivity index (χ3n) is 14.1. The summed E-state index contributed by atoms with van der Waals surface area (Å²) in [4.78, 5) is 5.56. The fourth-order valence-corrected chi connectivity index (χ4v) is 10.9. The summed E-state index contributed by atoms with van der Waals surface area (Å²) < 4.78 is 2.49. The van der Waals surface area contributed by atoms with E-state index in [0.717, 1.165) is 39.2 Å². The van der Waals surface area contributed by atoms with Crippen molar-refractivity contribution in [3.8, 4) is 50.5 Å². The molecular formula is C65H40N2. The first-order valence-electron chi connectivity index (χ1n) is 23.1. The number of aromatic nitrogens is 2. The van der Waals surface area contributed by atoms with Crippen LogP contribution < -0.4 is 0 Å². The molecule has 0 saturated carbocycles. The number of rotatable bonds is 5. The Balaban J connectivity index is 1.09. The third kappa shape index (κ3) is 6.00. The van der Waals surface area contributed by atoms with E-state index in [1.165, 1.54) is 97.7 Å². The van der Waals surface area contributed by atoms with Crippen LogP contribution in [0.5, 0.6) is 0 Å². The van der Waals surface area contributed by atoms with E-state index in [2.05, 4.69) is 247 Å². The maximum absolute atomic E-state index is 5.56. The van der Waals surface area contributed by atoms with E-state index in [1.54, 1.807) is 0 Å². The second kappa shape index (κ2) is 14.9. The highest BCUT2D eigenvalue weighted by atomic mass is 15.0. The van der Waals surface area contributed by atoms with Crippen LogP contribution in [0.4, 0.5) is 0 Å². The van der Waals surface area contributed by atoms with E-state index in [4.69, 9.17) is 4.98 Å². The lowest BCUT2D eigenvalue weighted by Crippen LogP contribution is -1.99. The molecule has 0 radical (unpaired) electrons. The third-order valence-corrected chi connectivity index (χ3v) is 14.1. The largest absolute Gasteiger partial charge is 0.309 e. The zero-order chi connectivity index (χ0) is 44.0. The average molecular weight is 849 g/mol. The molecule has 0 bridgehead atoms. The first kappa shape index (κ1) is 37.5. The average Bonchev–Trinajstić information content (AvgIpc) is 3.72. The van der Waals surface area contributed by atoms with Gasteiger partial charge in [0.25, 0.3) is 0 Å². The summed E-state index contributed by atoms with van der Waals surface area (Å²) >= 11 is 0. The molecule has 0 aliphatic rings. The Morgan fingerprint density at radius 1 is 0.239 bits per heavy atom. The highest BCUT2D eigenvalue weighted by Gasteiger charge is 2.20. The number of hydrogen-bond donors (Lipinski definition) is 0. The molecule has 0 atom stereocenters. The van der Waals surface area contributed by atoms with Crippen LogP contribution in [-0.2, 0) is 0 Å². The van der Waals surface area contributed by atoms with Crippen molar-refractivity contribution in [1.82, 2.24) is 9.55 Å². The summed E-state index contributed by atoms with van der Waals surface area (Å²) in [7, 11) is 0. The van der Waals surface area contributed by atoms with Gasteiger partial charge in [-0.05, 0) is 135 Å². The molecule has 2 aromatic heterocycles. The summed E-state index contributed by atoms with van der Waals surface area (Å²) in [6.07, 6.45) is 0. The first-order valence-corrected chi connectivity index (χ1v) is 23.1. The lowest BCUT2D eigenvalue weighted by molar-refractivity contribution is 1.16. The van der Waals surface area contributed by atoms with Crippen LogP contribution in [0, 0.1) is 0 Å². The van der Waals surface area contributed by atoms with E-state index < -0.39 is 0 Å². The fourth-order valence-electron chi connectivity index (χ4n) is 10.9. The number of nitrogens with zero attached hydrogens (tertiary/aromatic N) is 2. The van der Waals surface area contributed by atoms with Crippen LogP contribution in [0.25, 0.3) is 137 Å². The van der Waals surface area contributed by atoms with Gasteiger partial charge in [-0.2, -0.15) is 0 Å². The summed E-state index contributed by atoms with van der Waals surface area (Å²) in [6.45, 7) is 0. The second-order valence-electron chi connectivity index (χ2n) is 17.9. The van der Waals surface area contributed by atoms with Crippen molar-refractivity contribution in [2.24, 2.45) is 0 Å². The van der Waals surface area contributed by atoms with Crippen molar-refractivity contribution < 1.29 is 0 Å². The zero-order valence-electron chi connectivity index (χ0n) is 36.5. The minimum atomic E-state index is 0.937. The molecule has 0 N–H and O–H groups in total. The van der Waals surface area contributed by atoms with Crippen molar-refractivity contribution in [3.05, 3.63) is 243 Å². The van der Waals surface area contributed by atoms with Gasteiger partial charge in [-0.3, -0.25) is 0 Å². The number of fused-ring (bicyclic) bond motifs is 12. The molecule has 0 amide bonds.